The molecule has 77 valence electrons. The van der Waals surface area contributed by atoms with Gasteiger partial charge in [-0.15, -0.1) is 0 Å². The highest BCUT2D eigenvalue weighted by atomic mass is 16.5. The third-order valence-corrected chi connectivity index (χ3v) is 2.17. The summed E-state index contributed by atoms with van der Waals surface area (Å²) in [7, 11) is 3.27. The lowest BCUT2D eigenvalue weighted by atomic mass is 10.1. The molecule has 1 heteroatoms. The van der Waals surface area contributed by atoms with E-state index in [1.54, 1.807) is 6.26 Å². The minimum Gasteiger partial charge on any atom is -0.498 e. The summed E-state index contributed by atoms with van der Waals surface area (Å²) in [5, 5.41) is 0. The van der Waals surface area contributed by atoms with Gasteiger partial charge in [0.2, 0.25) is 0 Å². The van der Waals surface area contributed by atoms with E-state index in [2.05, 4.69) is 18.8 Å². The first kappa shape index (κ1) is 12.5. The van der Waals surface area contributed by atoms with Crippen molar-refractivity contribution >= 4 is 0 Å². The van der Waals surface area contributed by atoms with E-state index >= 15 is 0 Å². The van der Waals surface area contributed by atoms with Crippen LogP contribution in [0.3, 0.4) is 0 Å². The standard InChI is InChI=1S/C12H23O/c1-3-4-5-6-7-8-9-10-11-12-13-2/h11-12H,2-10H2,1H3. The quantitative estimate of drug-likeness (QED) is 0.379. The van der Waals surface area contributed by atoms with Gasteiger partial charge in [0, 0.05) is 0 Å². The van der Waals surface area contributed by atoms with E-state index in [9.17, 15) is 0 Å². The minimum atomic E-state index is 1.13. The van der Waals surface area contributed by atoms with Gasteiger partial charge in [0.15, 0.2) is 0 Å². The molecule has 0 aliphatic rings. The van der Waals surface area contributed by atoms with Crippen LogP contribution in [0.1, 0.15) is 58.3 Å². The molecule has 0 spiro atoms. The third-order valence-electron chi connectivity index (χ3n) is 2.17. The molecule has 0 N–H and O–H groups in total. The maximum Gasteiger partial charge on any atom is 0.121 e. The Morgan fingerprint density at radius 2 is 1.62 bits per heavy atom. The van der Waals surface area contributed by atoms with Crippen molar-refractivity contribution in [3.8, 4) is 0 Å². The SMILES string of the molecule is [CH2]OC=CCCCCCCCCC. The van der Waals surface area contributed by atoms with Crippen molar-refractivity contribution < 1.29 is 4.74 Å². The first-order valence-electron chi connectivity index (χ1n) is 5.47. The molecule has 0 aliphatic heterocycles. The Morgan fingerprint density at radius 3 is 2.23 bits per heavy atom. The third kappa shape index (κ3) is 11.5. The van der Waals surface area contributed by atoms with Gasteiger partial charge in [0.05, 0.1) is 6.26 Å². The number of hydrogen-bond acceptors (Lipinski definition) is 1. The summed E-state index contributed by atoms with van der Waals surface area (Å²) in [5.41, 5.74) is 0. The van der Waals surface area contributed by atoms with Gasteiger partial charge < -0.3 is 4.74 Å². The van der Waals surface area contributed by atoms with Crippen molar-refractivity contribution in [1.29, 1.82) is 0 Å². The van der Waals surface area contributed by atoms with Gasteiger partial charge in [-0.2, -0.15) is 0 Å². The maximum absolute atomic E-state index is 4.57. The van der Waals surface area contributed by atoms with Gasteiger partial charge in [-0.3, -0.25) is 0 Å². The van der Waals surface area contributed by atoms with Crippen LogP contribution in [0.15, 0.2) is 12.3 Å². The zero-order chi connectivity index (χ0) is 9.78. The van der Waals surface area contributed by atoms with E-state index < -0.39 is 0 Å². The fourth-order valence-corrected chi connectivity index (χ4v) is 1.36. The highest BCUT2D eigenvalue weighted by Crippen LogP contribution is 2.08. The van der Waals surface area contributed by atoms with Gasteiger partial charge in [-0.25, -0.2) is 0 Å². The van der Waals surface area contributed by atoms with Crippen LogP contribution in [0.5, 0.6) is 0 Å². The Morgan fingerprint density at radius 1 is 1.00 bits per heavy atom. The van der Waals surface area contributed by atoms with Crippen molar-refractivity contribution in [2.24, 2.45) is 0 Å². The number of ether oxygens (including phenoxy) is 1. The molecule has 0 atom stereocenters. The number of allylic oxidation sites excluding steroid dienone is 1. The highest BCUT2D eigenvalue weighted by Gasteiger charge is 1.88. The number of hydrogen-bond donors (Lipinski definition) is 0. The van der Waals surface area contributed by atoms with Gasteiger partial charge in [-0.05, 0) is 18.9 Å². The van der Waals surface area contributed by atoms with Crippen LogP contribution in [-0.2, 0) is 4.74 Å². The van der Waals surface area contributed by atoms with Crippen LogP contribution >= 0.6 is 0 Å². The summed E-state index contributed by atoms with van der Waals surface area (Å²) < 4.78 is 4.57. The second-order valence-electron chi connectivity index (χ2n) is 3.45. The predicted octanol–water partition coefficient (Wildman–Crippen LogP) is 4.45. The zero-order valence-electron chi connectivity index (χ0n) is 8.93. The predicted molar refractivity (Wildman–Crippen MR) is 58.2 cm³/mol. The van der Waals surface area contributed by atoms with E-state index in [1.165, 1.54) is 44.9 Å². The molecule has 1 nitrogen and oxygen atoms in total. The molecule has 0 fully saturated rings. The molecule has 13 heavy (non-hydrogen) atoms. The Balaban J connectivity index is 2.87. The fraction of sp³-hybridized carbons (Fsp3) is 0.750. The van der Waals surface area contributed by atoms with E-state index in [4.69, 9.17) is 0 Å². The smallest absolute Gasteiger partial charge is 0.121 e. The summed E-state index contributed by atoms with van der Waals surface area (Å²) in [6.45, 7) is 2.25. The lowest BCUT2D eigenvalue weighted by Gasteiger charge is -1.98. The lowest BCUT2D eigenvalue weighted by Crippen LogP contribution is -1.78. The van der Waals surface area contributed by atoms with E-state index in [1.807, 2.05) is 6.08 Å². The van der Waals surface area contributed by atoms with Gasteiger partial charge >= 0.3 is 0 Å². The molecule has 0 bridgehead atoms. The summed E-state index contributed by atoms with van der Waals surface area (Å²) in [6, 6.07) is 0. The second-order valence-corrected chi connectivity index (χ2v) is 3.45. The molecule has 0 saturated carbocycles. The Labute approximate surface area is 83.2 Å². The van der Waals surface area contributed by atoms with Crippen LogP contribution in [0.4, 0.5) is 0 Å². The summed E-state index contributed by atoms with van der Waals surface area (Å²) >= 11 is 0. The molecular weight excluding hydrogens is 160 g/mol. The Bertz CT molecular complexity index is 108. The van der Waals surface area contributed by atoms with Crippen LogP contribution in [0.2, 0.25) is 0 Å². The van der Waals surface area contributed by atoms with Gasteiger partial charge in [0.1, 0.15) is 7.11 Å². The van der Waals surface area contributed by atoms with Gasteiger partial charge in [-0.1, -0.05) is 45.4 Å². The molecule has 0 saturated heterocycles. The highest BCUT2D eigenvalue weighted by molar-refractivity contribution is 4.72. The van der Waals surface area contributed by atoms with Crippen molar-refractivity contribution in [3.05, 3.63) is 19.4 Å². The molecule has 0 aromatic rings. The lowest BCUT2D eigenvalue weighted by molar-refractivity contribution is 0.391. The molecule has 0 unspecified atom stereocenters. The van der Waals surface area contributed by atoms with Crippen LogP contribution < -0.4 is 0 Å². The fourth-order valence-electron chi connectivity index (χ4n) is 1.36. The van der Waals surface area contributed by atoms with Crippen LogP contribution in [-0.4, -0.2) is 0 Å². The van der Waals surface area contributed by atoms with E-state index in [0.717, 1.165) is 6.42 Å². The molecule has 0 rings (SSSR count). The monoisotopic (exact) mass is 183 g/mol. The van der Waals surface area contributed by atoms with E-state index in [0.29, 0.717) is 0 Å². The van der Waals surface area contributed by atoms with E-state index in [-0.39, 0.29) is 0 Å². The molecule has 1 radical (unpaired) electrons. The van der Waals surface area contributed by atoms with Gasteiger partial charge in [0.25, 0.3) is 0 Å². The zero-order valence-corrected chi connectivity index (χ0v) is 8.93. The minimum absolute atomic E-state index is 1.13. The summed E-state index contributed by atoms with van der Waals surface area (Å²) in [4.78, 5) is 0. The largest absolute Gasteiger partial charge is 0.498 e. The summed E-state index contributed by atoms with van der Waals surface area (Å²) in [6.07, 6.45) is 14.4. The average molecular weight is 183 g/mol. The first-order chi connectivity index (χ1) is 6.41. The molecular formula is C12H23O. The van der Waals surface area contributed by atoms with Crippen molar-refractivity contribution in [2.75, 3.05) is 0 Å². The first-order valence-corrected chi connectivity index (χ1v) is 5.47. The molecule has 0 amide bonds. The van der Waals surface area contributed by atoms with Crippen molar-refractivity contribution in [3.63, 3.8) is 0 Å². The maximum atomic E-state index is 4.57. The second kappa shape index (κ2) is 11.5. The van der Waals surface area contributed by atoms with Crippen molar-refractivity contribution in [2.45, 2.75) is 58.3 Å². The molecule has 0 aromatic carbocycles. The van der Waals surface area contributed by atoms with Crippen LogP contribution in [0.25, 0.3) is 0 Å². The number of unbranched alkanes of at least 4 members (excludes halogenated alkanes) is 7. The van der Waals surface area contributed by atoms with Crippen LogP contribution in [0, 0.1) is 7.11 Å². The molecule has 0 aliphatic carbocycles. The molecule has 0 aromatic heterocycles. The normalized spacial score (nSPS) is 10.9. The topological polar surface area (TPSA) is 9.23 Å². The summed E-state index contributed by atoms with van der Waals surface area (Å²) in [5.74, 6) is 0. The van der Waals surface area contributed by atoms with Crippen molar-refractivity contribution in [1.82, 2.24) is 0 Å². The Hall–Kier alpha value is -0.460. The average Bonchev–Trinajstić information content (AvgIpc) is 2.16. The Kier molecular flexibility index (Phi) is 11.1. The molecule has 0 heterocycles. The number of rotatable bonds is 9.